The molecule has 2 bridgehead atoms. The summed E-state index contributed by atoms with van der Waals surface area (Å²) in [6.45, 7) is 0.798. The summed E-state index contributed by atoms with van der Waals surface area (Å²) in [5.74, 6) is 0.917. The standard InChI is InChI=1S/C28H30N6O/c29-24-17-22(25-26(31-24)33-34-32-25)21(19-7-3-1-4-8-19)11-16-30-27-12-14-28(15-13-27,23(35)18-27)20-9-5-2-6-10-20/h1-10,17,21,30H,11-16,18H2,(H3,29,31,32,33,34)/t21-,27?,28?/m1/s1. The number of ketones is 1. The molecule has 0 saturated heterocycles. The number of benzene rings is 2. The average Bonchev–Trinajstić information content (AvgIpc) is 3.36. The van der Waals surface area contributed by atoms with Crippen LogP contribution in [0.4, 0.5) is 5.82 Å². The maximum Gasteiger partial charge on any atom is 0.203 e. The fourth-order valence-electron chi connectivity index (χ4n) is 6.35. The van der Waals surface area contributed by atoms with E-state index in [1.165, 1.54) is 11.1 Å². The van der Waals surface area contributed by atoms with Crippen molar-refractivity contribution in [2.45, 2.75) is 55.4 Å². The van der Waals surface area contributed by atoms with Crippen molar-refractivity contribution in [2.24, 2.45) is 0 Å². The van der Waals surface area contributed by atoms with Crippen LogP contribution in [0, 0.1) is 0 Å². The summed E-state index contributed by atoms with van der Waals surface area (Å²) >= 11 is 0. The molecule has 0 radical (unpaired) electrons. The molecule has 2 heterocycles. The van der Waals surface area contributed by atoms with E-state index < -0.39 is 0 Å². The summed E-state index contributed by atoms with van der Waals surface area (Å²) in [4.78, 5) is 17.7. The first-order chi connectivity index (χ1) is 17.1. The number of carbonyl (C=O) groups is 1. The lowest BCUT2D eigenvalue weighted by Crippen LogP contribution is -2.60. The number of rotatable bonds is 7. The number of H-pyrrole nitrogens is 1. The molecule has 4 aromatic rings. The molecule has 0 aliphatic heterocycles. The highest BCUT2D eigenvalue weighted by Gasteiger charge is 2.54. The molecule has 2 aromatic carbocycles. The summed E-state index contributed by atoms with van der Waals surface area (Å²) in [6, 6.07) is 22.7. The van der Waals surface area contributed by atoms with E-state index in [1.807, 2.05) is 30.3 Å². The molecule has 0 amide bonds. The van der Waals surface area contributed by atoms with Crippen LogP contribution in [0.25, 0.3) is 11.2 Å². The first-order valence-electron chi connectivity index (χ1n) is 12.4. The second-order valence-electron chi connectivity index (χ2n) is 10.1. The van der Waals surface area contributed by atoms with Crippen molar-refractivity contribution >= 4 is 22.8 Å². The highest BCUT2D eigenvalue weighted by molar-refractivity contribution is 5.93. The van der Waals surface area contributed by atoms with Crippen molar-refractivity contribution in [3.8, 4) is 0 Å². The van der Waals surface area contributed by atoms with E-state index >= 15 is 0 Å². The highest BCUT2D eigenvalue weighted by atomic mass is 16.1. The van der Waals surface area contributed by atoms with E-state index in [9.17, 15) is 4.79 Å². The van der Waals surface area contributed by atoms with Gasteiger partial charge in [0.2, 0.25) is 5.65 Å². The quantitative estimate of drug-likeness (QED) is 0.375. The molecule has 7 heteroatoms. The topological polar surface area (TPSA) is 110 Å². The minimum absolute atomic E-state index is 0.0873. The number of pyridine rings is 1. The normalized spacial score (nSPS) is 24.6. The molecule has 3 fully saturated rings. The number of Topliss-reactive ketones (excluding diaryl/α,β-unsaturated/α-hetero) is 1. The summed E-state index contributed by atoms with van der Waals surface area (Å²) < 4.78 is 0. The molecule has 4 N–H and O–H groups in total. The van der Waals surface area contributed by atoms with Crippen molar-refractivity contribution in [2.75, 3.05) is 12.3 Å². The van der Waals surface area contributed by atoms with Crippen LogP contribution in [0.5, 0.6) is 0 Å². The lowest BCUT2D eigenvalue weighted by atomic mass is 9.54. The third kappa shape index (κ3) is 3.80. The molecule has 0 unspecified atom stereocenters. The Hall–Kier alpha value is -3.58. The van der Waals surface area contributed by atoms with Gasteiger partial charge in [0.05, 0.1) is 5.41 Å². The predicted molar refractivity (Wildman–Crippen MR) is 136 cm³/mol. The number of nitrogen functional groups attached to an aromatic ring is 1. The Labute approximate surface area is 204 Å². The second-order valence-corrected chi connectivity index (χ2v) is 10.1. The molecule has 1 atom stereocenters. The van der Waals surface area contributed by atoms with Gasteiger partial charge in [-0.2, -0.15) is 10.3 Å². The summed E-state index contributed by atoms with van der Waals surface area (Å²) in [7, 11) is 0. The Balaban J connectivity index is 1.22. The van der Waals surface area contributed by atoms with Gasteiger partial charge in [-0.1, -0.05) is 60.7 Å². The molecule has 0 spiro atoms. The lowest BCUT2D eigenvalue weighted by Gasteiger charge is -2.53. The van der Waals surface area contributed by atoms with Gasteiger partial charge in [-0.3, -0.25) is 4.79 Å². The number of aromatic nitrogens is 4. The van der Waals surface area contributed by atoms with Crippen LogP contribution in [0.2, 0.25) is 0 Å². The minimum atomic E-state index is -0.287. The van der Waals surface area contributed by atoms with E-state index in [0.29, 0.717) is 23.7 Å². The molecule has 2 aromatic heterocycles. The van der Waals surface area contributed by atoms with Crippen LogP contribution in [-0.2, 0) is 10.2 Å². The third-order valence-electron chi connectivity index (χ3n) is 8.27. The summed E-state index contributed by atoms with van der Waals surface area (Å²) in [5, 5.41) is 15.1. The molecular weight excluding hydrogens is 436 g/mol. The number of nitrogens with two attached hydrogens (primary N) is 1. The molecule has 7 rings (SSSR count). The Morgan fingerprint density at radius 1 is 0.971 bits per heavy atom. The Kier molecular flexibility index (Phi) is 5.37. The number of hydrogen-bond acceptors (Lipinski definition) is 6. The van der Waals surface area contributed by atoms with Crippen molar-refractivity contribution in [3.05, 3.63) is 83.4 Å². The van der Waals surface area contributed by atoms with Crippen LogP contribution in [0.1, 0.15) is 61.1 Å². The maximum absolute atomic E-state index is 13.4. The van der Waals surface area contributed by atoms with E-state index in [1.54, 1.807) is 0 Å². The molecule has 3 aliphatic carbocycles. The van der Waals surface area contributed by atoms with Gasteiger partial charge in [-0.15, -0.1) is 5.10 Å². The van der Waals surface area contributed by atoms with Gasteiger partial charge in [-0.25, -0.2) is 4.98 Å². The van der Waals surface area contributed by atoms with Gasteiger partial charge in [0.15, 0.2) is 0 Å². The summed E-state index contributed by atoms with van der Waals surface area (Å²) in [6.07, 6.45) is 5.36. The molecule has 178 valence electrons. The Bertz CT molecular complexity index is 1340. The molecular formula is C28H30N6O. The van der Waals surface area contributed by atoms with Gasteiger partial charge in [0, 0.05) is 17.9 Å². The van der Waals surface area contributed by atoms with Crippen LogP contribution < -0.4 is 11.1 Å². The number of anilines is 1. The van der Waals surface area contributed by atoms with Crippen LogP contribution in [0.15, 0.2) is 66.7 Å². The van der Waals surface area contributed by atoms with E-state index in [0.717, 1.165) is 49.7 Å². The molecule has 35 heavy (non-hydrogen) atoms. The molecule has 3 saturated carbocycles. The highest BCUT2D eigenvalue weighted by Crippen LogP contribution is 2.51. The second kappa shape index (κ2) is 8.57. The van der Waals surface area contributed by atoms with Gasteiger partial charge in [0.25, 0.3) is 0 Å². The number of carbonyl (C=O) groups excluding carboxylic acids is 1. The zero-order valence-electron chi connectivity index (χ0n) is 19.7. The zero-order chi connectivity index (χ0) is 23.9. The first kappa shape index (κ1) is 21.9. The average molecular weight is 467 g/mol. The summed E-state index contributed by atoms with van der Waals surface area (Å²) in [5.41, 5.74) is 10.4. The fraction of sp³-hybridized carbons (Fsp3) is 0.357. The van der Waals surface area contributed by atoms with E-state index in [4.69, 9.17) is 5.73 Å². The Morgan fingerprint density at radius 3 is 2.40 bits per heavy atom. The fourth-order valence-corrected chi connectivity index (χ4v) is 6.35. The molecule has 3 aliphatic rings. The number of nitrogens with zero attached hydrogens (tertiary/aromatic N) is 3. The largest absolute Gasteiger partial charge is 0.384 e. The van der Waals surface area contributed by atoms with Gasteiger partial charge in [0.1, 0.15) is 17.1 Å². The number of fused-ring (bicyclic) bond motifs is 4. The van der Waals surface area contributed by atoms with Crippen LogP contribution >= 0.6 is 0 Å². The van der Waals surface area contributed by atoms with Crippen molar-refractivity contribution in [3.63, 3.8) is 0 Å². The SMILES string of the molecule is Nc1cc([C@H](CCNC23CCC(c4ccccc4)(CC2)C(=O)C3)c2ccccc2)c2n[nH]nc2n1. The van der Waals surface area contributed by atoms with Crippen LogP contribution in [-0.4, -0.2) is 38.3 Å². The van der Waals surface area contributed by atoms with E-state index in [2.05, 4.69) is 62.1 Å². The maximum atomic E-state index is 13.4. The minimum Gasteiger partial charge on any atom is -0.384 e. The Morgan fingerprint density at radius 2 is 1.69 bits per heavy atom. The van der Waals surface area contributed by atoms with Gasteiger partial charge < -0.3 is 11.1 Å². The number of hydrogen-bond donors (Lipinski definition) is 3. The number of nitrogens with one attached hydrogen (secondary N) is 2. The lowest BCUT2D eigenvalue weighted by molar-refractivity contribution is -0.133. The van der Waals surface area contributed by atoms with Gasteiger partial charge >= 0.3 is 0 Å². The third-order valence-corrected chi connectivity index (χ3v) is 8.27. The van der Waals surface area contributed by atoms with Crippen molar-refractivity contribution in [1.82, 2.24) is 25.7 Å². The first-order valence-corrected chi connectivity index (χ1v) is 12.4. The molecule has 7 nitrogen and oxygen atoms in total. The number of aromatic amines is 1. The predicted octanol–water partition coefficient (Wildman–Crippen LogP) is 4.27. The van der Waals surface area contributed by atoms with Crippen molar-refractivity contribution < 1.29 is 4.79 Å². The smallest absolute Gasteiger partial charge is 0.203 e. The van der Waals surface area contributed by atoms with E-state index in [-0.39, 0.29) is 16.9 Å². The monoisotopic (exact) mass is 466 g/mol. The zero-order valence-corrected chi connectivity index (χ0v) is 19.7. The van der Waals surface area contributed by atoms with Crippen LogP contribution in [0.3, 0.4) is 0 Å². The van der Waals surface area contributed by atoms with Crippen molar-refractivity contribution in [1.29, 1.82) is 0 Å². The van der Waals surface area contributed by atoms with Gasteiger partial charge in [-0.05, 0) is 61.4 Å².